The lowest BCUT2D eigenvalue weighted by Crippen LogP contribution is -2.01. The van der Waals surface area contributed by atoms with Crippen molar-refractivity contribution in [3.05, 3.63) is 34.7 Å². The van der Waals surface area contributed by atoms with E-state index in [-0.39, 0.29) is 11.3 Å². The third-order valence-electron chi connectivity index (χ3n) is 2.40. The van der Waals surface area contributed by atoms with Gasteiger partial charge >= 0.3 is 5.97 Å². The molecule has 0 saturated heterocycles. The fourth-order valence-electron chi connectivity index (χ4n) is 1.49. The minimum absolute atomic E-state index is 0.0768. The molecule has 19 heavy (non-hydrogen) atoms. The summed E-state index contributed by atoms with van der Waals surface area (Å²) in [6.45, 7) is 2.04. The zero-order valence-electron chi connectivity index (χ0n) is 10.1. The first-order valence-electron chi connectivity index (χ1n) is 5.53. The maximum Gasteiger partial charge on any atom is 0.349 e. The van der Waals surface area contributed by atoms with Crippen LogP contribution in [0, 0.1) is 11.3 Å². The van der Waals surface area contributed by atoms with Crippen molar-refractivity contribution in [1.82, 2.24) is 4.37 Å². The first-order chi connectivity index (χ1) is 9.15. The molecule has 0 unspecified atom stereocenters. The Balaban J connectivity index is 2.33. The van der Waals surface area contributed by atoms with Crippen molar-refractivity contribution < 1.29 is 14.6 Å². The molecule has 5 nitrogen and oxygen atoms in total. The minimum atomic E-state index is -0.412. The van der Waals surface area contributed by atoms with Crippen molar-refractivity contribution >= 4 is 17.5 Å². The van der Waals surface area contributed by atoms with Crippen LogP contribution in [-0.2, 0) is 4.74 Å². The second kappa shape index (κ2) is 5.50. The Labute approximate surface area is 113 Å². The normalized spacial score (nSPS) is 9.89. The molecule has 0 aliphatic heterocycles. The predicted molar refractivity (Wildman–Crippen MR) is 69.9 cm³/mol. The quantitative estimate of drug-likeness (QED) is 0.870. The molecule has 2 rings (SSSR count). The summed E-state index contributed by atoms with van der Waals surface area (Å²) in [7, 11) is 0. The largest absolute Gasteiger partial charge is 0.507 e. The van der Waals surface area contributed by atoms with Gasteiger partial charge in [-0.25, -0.2) is 4.79 Å². The molecule has 1 N–H and O–H groups in total. The number of aromatic nitrogens is 1. The number of aromatic hydroxyl groups is 1. The van der Waals surface area contributed by atoms with Crippen molar-refractivity contribution in [2.24, 2.45) is 0 Å². The van der Waals surface area contributed by atoms with Gasteiger partial charge in [0.25, 0.3) is 0 Å². The Bertz CT molecular complexity index is 658. The molecule has 2 aromatic rings. The topological polar surface area (TPSA) is 83.2 Å². The van der Waals surface area contributed by atoms with E-state index in [1.165, 1.54) is 12.1 Å². The molecule has 1 aromatic carbocycles. The molecule has 0 aliphatic rings. The number of carbonyl (C=O) groups excluding carboxylic acids is 1. The maximum atomic E-state index is 11.5. The standard InChI is InChI=1S/C13H10N2O3S/c1-2-18-13(17)12-6-10(15-19-12)8-3-4-11(16)9(5-8)7-14/h3-6,16H,2H2,1H3. The highest BCUT2D eigenvalue weighted by Gasteiger charge is 2.13. The van der Waals surface area contributed by atoms with Crippen LogP contribution in [0.4, 0.5) is 0 Å². The van der Waals surface area contributed by atoms with Gasteiger partial charge < -0.3 is 9.84 Å². The molecule has 0 fully saturated rings. The third kappa shape index (κ3) is 2.72. The van der Waals surface area contributed by atoms with Gasteiger partial charge in [-0.15, -0.1) is 0 Å². The smallest absolute Gasteiger partial charge is 0.349 e. The molecule has 96 valence electrons. The number of phenols is 1. The van der Waals surface area contributed by atoms with Gasteiger partial charge in [0.15, 0.2) is 0 Å². The Morgan fingerprint density at radius 2 is 2.32 bits per heavy atom. The molecule has 6 heteroatoms. The number of hydrogen-bond acceptors (Lipinski definition) is 6. The van der Waals surface area contributed by atoms with Crippen molar-refractivity contribution in [3.63, 3.8) is 0 Å². The van der Waals surface area contributed by atoms with E-state index in [1.807, 2.05) is 6.07 Å². The highest BCUT2D eigenvalue weighted by Crippen LogP contribution is 2.26. The average Bonchev–Trinajstić information content (AvgIpc) is 2.89. The summed E-state index contributed by atoms with van der Waals surface area (Å²) in [6, 6.07) is 8.09. The van der Waals surface area contributed by atoms with E-state index in [4.69, 9.17) is 10.00 Å². The van der Waals surface area contributed by atoms with Gasteiger partial charge in [0.2, 0.25) is 0 Å². The number of phenolic OH excluding ortho intramolecular Hbond substituents is 1. The Morgan fingerprint density at radius 3 is 3.00 bits per heavy atom. The zero-order valence-corrected chi connectivity index (χ0v) is 10.9. The van der Waals surface area contributed by atoms with E-state index in [9.17, 15) is 9.90 Å². The van der Waals surface area contributed by atoms with E-state index in [0.717, 1.165) is 11.5 Å². The number of nitrogens with zero attached hydrogens (tertiary/aromatic N) is 2. The molecule has 0 radical (unpaired) electrons. The van der Waals surface area contributed by atoms with Crippen LogP contribution in [0.3, 0.4) is 0 Å². The average molecular weight is 274 g/mol. The highest BCUT2D eigenvalue weighted by atomic mass is 32.1. The summed E-state index contributed by atoms with van der Waals surface area (Å²) in [5, 5.41) is 18.3. The lowest BCUT2D eigenvalue weighted by molar-refractivity contribution is 0.0532. The molecule has 0 bridgehead atoms. The third-order valence-corrected chi connectivity index (χ3v) is 3.17. The molecule has 0 spiro atoms. The van der Waals surface area contributed by atoms with Gasteiger partial charge in [0, 0.05) is 5.56 Å². The molecule has 0 aliphatic carbocycles. The molecule has 0 saturated carbocycles. The van der Waals surface area contributed by atoms with Gasteiger partial charge in [-0.3, -0.25) is 0 Å². The van der Waals surface area contributed by atoms with Gasteiger partial charge in [0.05, 0.1) is 17.9 Å². The Morgan fingerprint density at radius 1 is 1.53 bits per heavy atom. The number of nitriles is 1. The zero-order chi connectivity index (χ0) is 13.8. The number of esters is 1. The Kier molecular flexibility index (Phi) is 3.78. The lowest BCUT2D eigenvalue weighted by Gasteiger charge is -1.99. The van der Waals surface area contributed by atoms with E-state index >= 15 is 0 Å². The van der Waals surface area contributed by atoms with Crippen molar-refractivity contribution in [2.45, 2.75) is 6.92 Å². The van der Waals surface area contributed by atoms with Crippen LogP contribution in [0.1, 0.15) is 22.2 Å². The molecule has 1 aromatic heterocycles. The summed E-state index contributed by atoms with van der Waals surface area (Å²) < 4.78 is 9.02. The summed E-state index contributed by atoms with van der Waals surface area (Å²) in [5.74, 6) is -0.488. The summed E-state index contributed by atoms with van der Waals surface area (Å²) in [4.78, 5) is 11.9. The first-order valence-corrected chi connectivity index (χ1v) is 6.30. The van der Waals surface area contributed by atoms with Gasteiger partial charge in [-0.1, -0.05) is 0 Å². The first kappa shape index (κ1) is 13.1. The SMILES string of the molecule is CCOC(=O)c1cc(-c2ccc(O)c(C#N)c2)ns1. The highest BCUT2D eigenvalue weighted by molar-refractivity contribution is 7.08. The number of carbonyl (C=O) groups is 1. The number of benzene rings is 1. The van der Waals surface area contributed by atoms with Crippen LogP contribution >= 0.6 is 11.5 Å². The van der Waals surface area contributed by atoms with Crippen molar-refractivity contribution in [2.75, 3.05) is 6.61 Å². The predicted octanol–water partition coefficient (Wildman–Crippen LogP) is 2.56. The molecule has 0 atom stereocenters. The van der Waals surface area contributed by atoms with Crippen LogP contribution in [0.15, 0.2) is 24.3 Å². The number of rotatable bonds is 3. The van der Waals surface area contributed by atoms with E-state index in [0.29, 0.717) is 22.7 Å². The van der Waals surface area contributed by atoms with Crippen molar-refractivity contribution in [1.29, 1.82) is 5.26 Å². The molecular formula is C13H10N2O3S. The summed E-state index contributed by atoms with van der Waals surface area (Å²) >= 11 is 1.04. The second-order valence-electron chi connectivity index (χ2n) is 3.64. The second-order valence-corrected chi connectivity index (χ2v) is 4.45. The van der Waals surface area contributed by atoms with Crippen LogP contribution in [0.25, 0.3) is 11.3 Å². The summed E-state index contributed by atoms with van der Waals surface area (Å²) in [6.07, 6.45) is 0. The fraction of sp³-hybridized carbons (Fsp3) is 0.154. The van der Waals surface area contributed by atoms with Crippen LogP contribution < -0.4 is 0 Å². The van der Waals surface area contributed by atoms with E-state index in [1.54, 1.807) is 19.1 Å². The summed E-state index contributed by atoms with van der Waals surface area (Å²) in [5.41, 5.74) is 1.41. The van der Waals surface area contributed by atoms with Crippen LogP contribution in [0.2, 0.25) is 0 Å². The van der Waals surface area contributed by atoms with Crippen LogP contribution in [0.5, 0.6) is 5.75 Å². The lowest BCUT2D eigenvalue weighted by atomic mass is 10.1. The van der Waals surface area contributed by atoms with Crippen molar-refractivity contribution in [3.8, 4) is 23.1 Å². The number of ether oxygens (including phenoxy) is 1. The maximum absolute atomic E-state index is 11.5. The molecule has 1 heterocycles. The molecule has 0 amide bonds. The van der Waals surface area contributed by atoms with E-state index < -0.39 is 5.97 Å². The van der Waals surface area contributed by atoms with Gasteiger partial charge in [-0.05, 0) is 42.7 Å². The van der Waals surface area contributed by atoms with Gasteiger partial charge in [0.1, 0.15) is 16.7 Å². The van der Waals surface area contributed by atoms with Gasteiger partial charge in [-0.2, -0.15) is 9.64 Å². The molecular weight excluding hydrogens is 264 g/mol. The monoisotopic (exact) mass is 274 g/mol. The Hall–Kier alpha value is -2.39. The minimum Gasteiger partial charge on any atom is -0.507 e. The number of hydrogen-bond donors (Lipinski definition) is 1. The fourth-order valence-corrected chi connectivity index (χ4v) is 2.15. The van der Waals surface area contributed by atoms with E-state index in [2.05, 4.69) is 4.37 Å². The van der Waals surface area contributed by atoms with Crippen LogP contribution in [-0.4, -0.2) is 22.1 Å².